The van der Waals surface area contributed by atoms with Crippen molar-refractivity contribution >= 4 is 29.1 Å². The van der Waals surface area contributed by atoms with Crippen molar-refractivity contribution in [2.45, 2.75) is 24.5 Å². The van der Waals surface area contributed by atoms with Gasteiger partial charge in [0, 0.05) is 33.7 Å². The van der Waals surface area contributed by atoms with Gasteiger partial charge in [-0.1, -0.05) is 29.8 Å². The van der Waals surface area contributed by atoms with Gasteiger partial charge in [0.25, 0.3) is 0 Å². The molecule has 3 rings (SSSR count). The van der Waals surface area contributed by atoms with Crippen LogP contribution in [0.2, 0.25) is 5.02 Å². The van der Waals surface area contributed by atoms with Crippen LogP contribution in [0.15, 0.2) is 53.1 Å². The van der Waals surface area contributed by atoms with Gasteiger partial charge in [-0.15, -0.1) is 11.8 Å². The standard InChI is InChI=1S/C17H15ClN2S/c18-13-7-8-16-14(10-13)17(6-3-9-19)21-11-12-4-1-2-5-15(12)20-16/h1,4-5,7-8,10-11,17,20H,2-3,6H2. The zero-order chi connectivity index (χ0) is 14.7. The van der Waals surface area contributed by atoms with Crippen molar-refractivity contribution < 1.29 is 0 Å². The quantitative estimate of drug-likeness (QED) is 0.775. The highest BCUT2D eigenvalue weighted by molar-refractivity contribution is 8.02. The van der Waals surface area contributed by atoms with Crippen LogP contribution in [-0.4, -0.2) is 0 Å². The number of anilines is 1. The lowest BCUT2D eigenvalue weighted by Gasteiger charge is -2.25. The number of nitriles is 1. The lowest BCUT2D eigenvalue weighted by atomic mass is 10.0. The predicted octanol–water partition coefficient (Wildman–Crippen LogP) is 5.57. The molecule has 4 heteroatoms. The molecule has 0 fully saturated rings. The van der Waals surface area contributed by atoms with Crippen molar-refractivity contribution in [3.05, 3.63) is 63.7 Å². The summed E-state index contributed by atoms with van der Waals surface area (Å²) in [7, 11) is 0. The average Bonchev–Trinajstić information content (AvgIpc) is 2.49. The molecule has 2 aliphatic rings. The van der Waals surface area contributed by atoms with E-state index in [-0.39, 0.29) is 5.25 Å². The van der Waals surface area contributed by atoms with Crippen LogP contribution in [0.5, 0.6) is 0 Å². The second-order valence-corrected chi connectivity index (χ2v) is 6.52. The van der Waals surface area contributed by atoms with Gasteiger partial charge in [-0.2, -0.15) is 5.26 Å². The van der Waals surface area contributed by atoms with Gasteiger partial charge < -0.3 is 5.32 Å². The van der Waals surface area contributed by atoms with E-state index in [1.165, 1.54) is 11.1 Å². The van der Waals surface area contributed by atoms with E-state index >= 15 is 0 Å². The Kier molecular flexibility index (Phi) is 4.38. The molecule has 0 amide bonds. The van der Waals surface area contributed by atoms with Crippen molar-refractivity contribution in [1.29, 1.82) is 5.26 Å². The summed E-state index contributed by atoms with van der Waals surface area (Å²) in [6, 6.07) is 8.18. The summed E-state index contributed by atoms with van der Waals surface area (Å²) in [6.45, 7) is 0. The Balaban J connectivity index is 2.01. The van der Waals surface area contributed by atoms with Crippen LogP contribution in [0, 0.1) is 11.3 Å². The summed E-state index contributed by atoms with van der Waals surface area (Å²) in [4.78, 5) is 0. The maximum absolute atomic E-state index is 8.88. The number of rotatable bonds is 2. The fourth-order valence-electron chi connectivity index (χ4n) is 2.52. The van der Waals surface area contributed by atoms with Gasteiger partial charge in [-0.05, 0) is 42.0 Å². The first-order valence-corrected chi connectivity index (χ1v) is 8.26. The molecule has 1 heterocycles. The van der Waals surface area contributed by atoms with Crippen LogP contribution >= 0.6 is 23.4 Å². The molecule has 0 saturated carbocycles. The summed E-state index contributed by atoms with van der Waals surface area (Å²) < 4.78 is 0. The Morgan fingerprint density at radius 1 is 1.43 bits per heavy atom. The van der Waals surface area contributed by atoms with E-state index in [0.717, 1.165) is 29.2 Å². The first-order chi connectivity index (χ1) is 10.3. The van der Waals surface area contributed by atoms with Crippen LogP contribution in [0.3, 0.4) is 0 Å². The molecule has 21 heavy (non-hydrogen) atoms. The molecule has 0 saturated heterocycles. The molecule has 0 aromatic heterocycles. The number of nitrogens with one attached hydrogen (secondary N) is 1. The Morgan fingerprint density at radius 2 is 2.33 bits per heavy atom. The van der Waals surface area contributed by atoms with Crippen LogP contribution in [0.4, 0.5) is 5.69 Å². The smallest absolute Gasteiger partial charge is 0.0622 e. The summed E-state index contributed by atoms with van der Waals surface area (Å²) in [6.07, 6.45) is 8.82. The van der Waals surface area contributed by atoms with Gasteiger partial charge in [0.15, 0.2) is 0 Å². The summed E-state index contributed by atoms with van der Waals surface area (Å²) >= 11 is 7.93. The van der Waals surface area contributed by atoms with Crippen LogP contribution in [0.25, 0.3) is 0 Å². The number of benzene rings is 1. The molecule has 1 N–H and O–H groups in total. The molecular weight excluding hydrogens is 300 g/mol. The zero-order valence-corrected chi connectivity index (χ0v) is 13.0. The van der Waals surface area contributed by atoms with Gasteiger partial charge in [-0.3, -0.25) is 0 Å². The number of thioether (sulfide) groups is 1. The first kappa shape index (κ1) is 14.3. The lowest BCUT2D eigenvalue weighted by molar-refractivity contribution is 0.833. The van der Waals surface area contributed by atoms with Gasteiger partial charge in [0.1, 0.15) is 0 Å². The minimum atomic E-state index is 0.246. The minimum absolute atomic E-state index is 0.246. The maximum Gasteiger partial charge on any atom is 0.0622 e. The third kappa shape index (κ3) is 3.18. The summed E-state index contributed by atoms with van der Waals surface area (Å²) in [5.74, 6) is 0. The first-order valence-electron chi connectivity index (χ1n) is 6.94. The van der Waals surface area contributed by atoms with Crippen molar-refractivity contribution in [2.24, 2.45) is 0 Å². The Labute approximate surface area is 134 Å². The summed E-state index contributed by atoms with van der Waals surface area (Å²) in [5.41, 5.74) is 4.61. The molecule has 1 aliphatic carbocycles. The molecule has 0 spiro atoms. The fourth-order valence-corrected chi connectivity index (χ4v) is 3.81. The van der Waals surface area contributed by atoms with E-state index in [0.29, 0.717) is 6.42 Å². The molecule has 1 aromatic carbocycles. The molecule has 1 aromatic rings. The number of fused-ring (bicyclic) bond motifs is 2. The Morgan fingerprint density at radius 3 is 3.19 bits per heavy atom. The number of allylic oxidation sites excluding steroid dienone is 3. The number of nitrogens with zero attached hydrogens (tertiary/aromatic N) is 1. The van der Waals surface area contributed by atoms with Crippen molar-refractivity contribution in [1.82, 2.24) is 0 Å². The van der Waals surface area contributed by atoms with Crippen LogP contribution in [-0.2, 0) is 0 Å². The predicted molar refractivity (Wildman–Crippen MR) is 90.2 cm³/mol. The highest BCUT2D eigenvalue weighted by Crippen LogP contribution is 2.43. The third-order valence-electron chi connectivity index (χ3n) is 3.57. The monoisotopic (exact) mass is 314 g/mol. The van der Waals surface area contributed by atoms with Crippen molar-refractivity contribution in [2.75, 3.05) is 5.32 Å². The molecule has 0 radical (unpaired) electrons. The normalized spacial score (nSPS) is 19.9. The van der Waals surface area contributed by atoms with Crippen LogP contribution in [0.1, 0.15) is 30.1 Å². The highest BCUT2D eigenvalue weighted by Gasteiger charge is 2.20. The Bertz CT molecular complexity index is 683. The molecule has 1 atom stereocenters. The molecule has 0 bridgehead atoms. The maximum atomic E-state index is 8.88. The third-order valence-corrected chi connectivity index (χ3v) is 5.02. The molecule has 106 valence electrons. The second-order valence-electron chi connectivity index (χ2n) is 5.01. The second kappa shape index (κ2) is 6.43. The molecule has 2 nitrogen and oxygen atoms in total. The van der Waals surface area contributed by atoms with Gasteiger partial charge in [0.2, 0.25) is 0 Å². The molecule has 1 aliphatic heterocycles. The van der Waals surface area contributed by atoms with E-state index in [1.807, 2.05) is 18.2 Å². The van der Waals surface area contributed by atoms with E-state index in [9.17, 15) is 0 Å². The largest absolute Gasteiger partial charge is 0.355 e. The van der Waals surface area contributed by atoms with E-state index in [4.69, 9.17) is 16.9 Å². The van der Waals surface area contributed by atoms with E-state index in [2.05, 4.69) is 35.0 Å². The Hall–Kier alpha value is -1.63. The topological polar surface area (TPSA) is 35.8 Å². The van der Waals surface area contributed by atoms with Gasteiger partial charge in [0.05, 0.1) is 6.07 Å². The average molecular weight is 315 g/mol. The number of halogens is 1. The SMILES string of the molecule is N#CCCC1SC=C2C=CCC=C2Nc2ccc(Cl)cc21. The van der Waals surface area contributed by atoms with E-state index < -0.39 is 0 Å². The highest BCUT2D eigenvalue weighted by atomic mass is 35.5. The molecular formula is C17H15ClN2S. The van der Waals surface area contributed by atoms with Crippen LogP contribution < -0.4 is 5.32 Å². The van der Waals surface area contributed by atoms with Gasteiger partial charge >= 0.3 is 0 Å². The van der Waals surface area contributed by atoms with Crippen molar-refractivity contribution in [3.63, 3.8) is 0 Å². The zero-order valence-electron chi connectivity index (χ0n) is 11.5. The minimum Gasteiger partial charge on any atom is -0.355 e. The number of hydrogen-bond acceptors (Lipinski definition) is 3. The van der Waals surface area contributed by atoms with Crippen molar-refractivity contribution in [3.8, 4) is 6.07 Å². The summed E-state index contributed by atoms with van der Waals surface area (Å²) in [5, 5.41) is 15.6. The van der Waals surface area contributed by atoms with E-state index in [1.54, 1.807) is 11.8 Å². The fraction of sp³-hybridized carbons (Fsp3) is 0.235. The van der Waals surface area contributed by atoms with Gasteiger partial charge in [-0.25, -0.2) is 0 Å². The lowest BCUT2D eigenvalue weighted by Crippen LogP contribution is -2.09. The number of hydrogen-bond donors (Lipinski definition) is 1. The molecule has 1 unspecified atom stereocenters.